The molecule has 0 spiro atoms. The molecule has 2 rings (SSSR count). The van der Waals surface area contributed by atoms with Crippen LogP contribution in [0.25, 0.3) is 0 Å². The fourth-order valence-corrected chi connectivity index (χ4v) is 2.46. The van der Waals surface area contributed by atoms with Crippen LogP contribution in [0.1, 0.15) is 49.0 Å². The molecule has 0 aliphatic carbocycles. The first-order valence-corrected chi connectivity index (χ1v) is 8.39. The van der Waals surface area contributed by atoms with Crippen LogP contribution in [0.3, 0.4) is 0 Å². The predicted molar refractivity (Wildman–Crippen MR) is 99.6 cm³/mol. The van der Waals surface area contributed by atoms with Crippen molar-refractivity contribution >= 4 is 11.8 Å². The van der Waals surface area contributed by atoms with Crippen molar-refractivity contribution in [3.63, 3.8) is 0 Å². The lowest BCUT2D eigenvalue weighted by Gasteiger charge is -2.21. The quantitative estimate of drug-likeness (QED) is 0.426. The third kappa shape index (κ3) is 6.38. The largest absolute Gasteiger partial charge is 0.460 e. The minimum Gasteiger partial charge on any atom is -0.460 e. The Labute approximate surface area is 149 Å². The molecule has 0 aliphatic heterocycles. The molecule has 0 unspecified atom stereocenters. The van der Waals surface area contributed by atoms with Crippen LogP contribution >= 0.6 is 0 Å². The molecule has 0 bridgehead atoms. The Morgan fingerprint density at radius 3 is 2.08 bits per heavy atom. The Morgan fingerprint density at radius 1 is 0.960 bits per heavy atom. The number of carbonyl (C=O) groups excluding carboxylic acids is 2. The van der Waals surface area contributed by atoms with E-state index in [-0.39, 0.29) is 24.1 Å². The highest BCUT2D eigenvalue weighted by Crippen LogP contribution is 2.23. The fraction of sp³-hybridized carbons (Fsp3) is 0.273. The summed E-state index contributed by atoms with van der Waals surface area (Å²) in [6.07, 6.45) is 3.52. The number of allylic oxidation sites excluding steroid dienone is 2. The molecule has 3 nitrogen and oxygen atoms in total. The minimum absolute atomic E-state index is 0.0780. The molecule has 0 N–H and O–H groups in total. The van der Waals surface area contributed by atoms with Gasteiger partial charge in [0.15, 0.2) is 5.78 Å². The van der Waals surface area contributed by atoms with Crippen molar-refractivity contribution in [2.24, 2.45) is 0 Å². The molecule has 2 aromatic carbocycles. The van der Waals surface area contributed by atoms with Gasteiger partial charge < -0.3 is 4.74 Å². The Morgan fingerprint density at radius 2 is 1.52 bits per heavy atom. The van der Waals surface area contributed by atoms with Gasteiger partial charge in [-0.25, -0.2) is 0 Å². The molecule has 0 aliphatic rings. The summed E-state index contributed by atoms with van der Waals surface area (Å²) in [6.45, 7) is 5.53. The lowest BCUT2D eigenvalue weighted by Crippen LogP contribution is -2.24. The molecule has 0 fully saturated rings. The van der Waals surface area contributed by atoms with E-state index in [1.807, 2.05) is 69.3 Å². The summed E-state index contributed by atoms with van der Waals surface area (Å²) in [5.41, 5.74) is 1.08. The zero-order valence-electron chi connectivity index (χ0n) is 14.9. The fourth-order valence-electron chi connectivity index (χ4n) is 2.46. The topological polar surface area (TPSA) is 43.4 Å². The summed E-state index contributed by atoms with van der Waals surface area (Å²) in [6, 6.07) is 18.7. The molecular formula is C22H24O3. The maximum absolute atomic E-state index is 12.3. The number of benzene rings is 2. The summed E-state index contributed by atoms with van der Waals surface area (Å²) >= 11 is 0. The van der Waals surface area contributed by atoms with Crippen LogP contribution in [0, 0.1) is 0 Å². The number of ether oxygens (including phenoxy) is 1. The van der Waals surface area contributed by atoms with Crippen molar-refractivity contribution in [2.45, 2.75) is 38.7 Å². The zero-order valence-corrected chi connectivity index (χ0v) is 14.9. The lowest BCUT2D eigenvalue weighted by atomic mass is 9.94. The standard InChI is InChI=1S/C22H24O3/c1-22(2,3)25-21(24)16-19(17-10-6-4-7-11-17)14-15-20(23)18-12-8-5-9-13-18/h4-15,19H,16H2,1-3H3/b15-14+/t19-/m1/s1. The first-order valence-electron chi connectivity index (χ1n) is 8.39. The van der Waals surface area contributed by atoms with Gasteiger partial charge in [0.05, 0.1) is 6.42 Å². The highest BCUT2D eigenvalue weighted by atomic mass is 16.6. The van der Waals surface area contributed by atoms with Crippen LogP contribution in [-0.2, 0) is 9.53 Å². The van der Waals surface area contributed by atoms with Gasteiger partial charge in [-0.2, -0.15) is 0 Å². The van der Waals surface area contributed by atoms with Crippen molar-refractivity contribution in [1.82, 2.24) is 0 Å². The van der Waals surface area contributed by atoms with Crippen LogP contribution in [-0.4, -0.2) is 17.4 Å². The second-order valence-corrected chi connectivity index (χ2v) is 6.90. The molecule has 0 saturated carbocycles. The molecule has 0 amide bonds. The number of carbonyl (C=O) groups is 2. The number of ketones is 1. The number of hydrogen-bond donors (Lipinski definition) is 0. The van der Waals surface area contributed by atoms with Crippen LogP contribution in [0.5, 0.6) is 0 Å². The number of esters is 1. The van der Waals surface area contributed by atoms with E-state index in [0.717, 1.165) is 5.56 Å². The van der Waals surface area contributed by atoms with Gasteiger partial charge in [0.1, 0.15) is 5.60 Å². The molecule has 130 valence electrons. The van der Waals surface area contributed by atoms with E-state index in [1.165, 1.54) is 6.08 Å². The number of rotatable bonds is 6. The van der Waals surface area contributed by atoms with Crippen molar-refractivity contribution in [1.29, 1.82) is 0 Å². The number of hydrogen-bond acceptors (Lipinski definition) is 3. The van der Waals surface area contributed by atoms with Gasteiger partial charge in [-0.1, -0.05) is 66.7 Å². The molecule has 2 aromatic rings. The second kappa shape index (κ2) is 8.43. The smallest absolute Gasteiger partial charge is 0.307 e. The summed E-state index contributed by atoms with van der Waals surface area (Å²) in [5, 5.41) is 0. The van der Waals surface area contributed by atoms with Crippen molar-refractivity contribution in [3.05, 3.63) is 83.9 Å². The van der Waals surface area contributed by atoms with E-state index < -0.39 is 5.60 Å². The van der Waals surface area contributed by atoms with E-state index in [2.05, 4.69) is 0 Å². The minimum atomic E-state index is -0.526. The maximum atomic E-state index is 12.3. The Balaban J connectivity index is 2.16. The highest BCUT2D eigenvalue weighted by molar-refractivity contribution is 6.04. The molecule has 0 heterocycles. The van der Waals surface area contributed by atoms with Crippen molar-refractivity contribution in [2.75, 3.05) is 0 Å². The first kappa shape index (κ1) is 18.7. The SMILES string of the molecule is CC(C)(C)OC(=O)C[C@@H](/C=C/C(=O)c1ccccc1)c1ccccc1. The lowest BCUT2D eigenvalue weighted by molar-refractivity contribution is -0.155. The molecule has 0 saturated heterocycles. The van der Waals surface area contributed by atoms with Crippen LogP contribution < -0.4 is 0 Å². The molecule has 1 atom stereocenters. The van der Waals surface area contributed by atoms with Crippen molar-refractivity contribution in [3.8, 4) is 0 Å². The van der Waals surface area contributed by atoms with E-state index in [9.17, 15) is 9.59 Å². The monoisotopic (exact) mass is 336 g/mol. The summed E-state index contributed by atoms with van der Waals surface area (Å²) in [7, 11) is 0. The van der Waals surface area contributed by atoms with E-state index in [1.54, 1.807) is 18.2 Å². The van der Waals surface area contributed by atoms with Gasteiger partial charge in [-0.15, -0.1) is 0 Å². The molecule has 3 heteroatoms. The predicted octanol–water partition coefficient (Wildman–Crippen LogP) is 4.94. The Bertz CT molecular complexity index is 725. The second-order valence-electron chi connectivity index (χ2n) is 6.90. The van der Waals surface area contributed by atoms with E-state index in [4.69, 9.17) is 4.74 Å². The van der Waals surface area contributed by atoms with Crippen molar-refractivity contribution < 1.29 is 14.3 Å². The van der Waals surface area contributed by atoms with Crippen LogP contribution in [0.2, 0.25) is 0 Å². The van der Waals surface area contributed by atoms with E-state index >= 15 is 0 Å². The zero-order chi connectivity index (χ0) is 18.3. The molecule has 0 aromatic heterocycles. The summed E-state index contributed by atoms with van der Waals surface area (Å²) in [5.74, 6) is -0.562. The Kier molecular flexibility index (Phi) is 6.29. The maximum Gasteiger partial charge on any atom is 0.307 e. The van der Waals surface area contributed by atoms with Gasteiger partial charge in [0.25, 0.3) is 0 Å². The summed E-state index contributed by atoms with van der Waals surface area (Å²) in [4.78, 5) is 24.5. The summed E-state index contributed by atoms with van der Waals surface area (Å²) < 4.78 is 5.42. The van der Waals surface area contributed by atoms with Gasteiger partial charge in [-0.3, -0.25) is 9.59 Å². The third-order valence-corrected chi connectivity index (χ3v) is 3.57. The molecular weight excluding hydrogens is 312 g/mol. The third-order valence-electron chi connectivity index (χ3n) is 3.57. The van der Waals surface area contributed by atoms with Crippen LogP contribution in [0.15, 0.2) is 72.8 Å². The van der Waals surface area contributed by atoms with Crippen LogP contribution in [0.4, 0.5) is 0 Å². The molecule has 25 heavy (non-hydrogen) atoms. The van der Waals surface area contributed by atoms with Gasteiger partial charge in [0.2, 0.25) is 0 Å². The van der Waals surface area contributed by atoms with Gasteiger partial charge >= 0.3 is 5.97 Å². The highest BCUT2D eigenvalue weighted by Gasteiger charge is 2.20. The molecule has 0 radical (unpaired) electrons. The normalized spacial score (nSPS) is 12.8. The first-order chi connectivity index (χ1) is 11.8. The Hall–Kier alpha value is -2.68. The van der Waals surface area contributed by atoms with Gasteiger partial charge in [-0.05, 0) is 32.4 Å². The average Bonchev–Trinajstić information content (AvgIpc) is 2.58. The average molecular weight is 336 g/mol. The van der Waals surface area contributed by atoms with Gasteiger partial charge in [0, 0.05) is 11.5 Å². The van der Waals surface area contributed by atoms with E-state index in [0.29, 0.717) is 5.56 Å².